The lowest BCUT2D eigenvalue weighted by Gasteiger charge is -2.27. The molecule has 5 nitrogen and oxygen atoms in total. The van der Waals surface area contributed by atoms with E-state index in [-0.39, 0.29) is 5.92 Å². The lowest BCUT2D eigenvalue weighted by atomic mass is 9.86. The van der Waals surface area contributed by atoms with Gasteiger partial charge < -0.3 is 10.4 Å². The summed E-state index contributed by atoms with van der Waals surface area (Å²) < 4.78 is 2.00. The van der Waals surface area contributed by atoms with Crippen LogP contribution in [0.4, 0.5) is 0 Å². The quantitative estimate of drug-likeness (QED) is 0.854. The van der Waals surface area contributed by atoms with Gasteiger partial charge in [-0.2, -0.15) is 5.10 Å². The van der Waals surface area contributed by atoms with Crippen molar-refractivity contribution >= 4 is 5.97 Å². The molecule has 0 amide bonds. The molecule has 1 aromatic heterocycles. The maximum Gasteiger partial charge on any atom is 0.306 e. The van der Waals surface area contributed by atoms with Gasteiger partial charge in [-0.1, -0.05) is 6.42 Å². The molecule has 1 aromatic rings. The van der Waals surface area contributed by atoms with E-state index >= 15 is 0 Å². The Balaban J connectivity index is 1.89. The van der Waals surface area contributed by atoms with Crippen LogP contribution in [0.3, 0.4) is 0 Å². The molecule has 0 bridgehead atoms. The number of carboxylic acids is 1. The Hall–Kier alpha value is -1.36. The highest BCUT2D eigenvalue weighted by atomic mass is 16.4. The Morgan fingerprint density at radius 3 is 3.05 bits per heavy atom. The van der Waals surface area contributed by atoms with Gasteiger partial charge in [-0.25, -0.2) is 0 Å². The molecular formula is C14H23N3O2. The van der Waals surface area contributed by atoms with Gasteiger partial charge in [0, 0.05) is 19.1 Å². The predicted octanol–water partition coefficient (Wildman–Crippen LogP) is 1.94. The van der Waals surface area contributed by atoms with Gasteiger partial charge in [-0.15, -0.1) is 0 Å². The zero-order valence-electron chi connectivity index (χ0n) is 11.7. The minimum Gasteiger partial charge on any atom is -0.481 e. The molecule has 1 aliphatic carbocycles. The van der Waals surface area contributed by atoms with Crippen LogP contribution in [0.15, 0.2) is 6.07 Å². The van der Waals surface area contributed by atoms with E-state index in [4.69, 9.17) is 5.11 Å². The largest absolute Gasteiger partial charge is 0.481 e. The van der Waals surface area contributed by atoms with Crippen molar-refractivity contribution in [3.05, 3.63) is 17.5 Å². The fraction of sp³-hybridized carbons (Fsp3) is 0.714. The van der Waals surface area contributed by atoms with E-state index in [0.29, 0.717) is 6.04 Å². The number of aliphatic carboxylic acids is 1. The first-order valence-electron chi connectivity index (χ1n) is 7.09. The van der Waals surface area contributed by atoms with Crippen LogP contribution in [0.25, 0.3) is 0 Å². The maximum absolute atomic E-state index is 11.0. The first-order chi connectivity index (χ1) is 9.10. The molecule has 2 rings (SSSR count). The van der Waals surface area contributed by atoms with Crippen molar-refractivity contribution in [3.8, 4) is 0 Å². The van der Waals surface area contributed by atoms with Crippen LogP contribution in [-0.4, -0.2) is 26.9 Å². The molecule has 2 atom stereocenters. The van der Waals surface area contributed by atoms with Crippen molar-refractivity contribution in [3.63, 3.8) is 0 Å². The van der Waals surface area contributed by atoms with Crippen molar-refractivity contribution in [1.29, 1.82) is 0 Å². The molecule has 1 fully saturated rings. The molecular weight excluding hydrogens is 242 g/mol. The van der Waals surface area contributed by atoms with Gasteiger partial charge >= 0.3 is 5.97 Å². The second-order valence-electron chi connectivity index (χ2n) is 5.37. The Bertz CT molecular complexity index is 442. The highest BCUT2D eigenvalue weighted by Gasteiger charge is 2.26. The van der Waals surface area contributed by atoms with E-state index in [1.807, 2.05) is 11.6 Å². The topological polar surface area (TPSA) is 67.2 Å². The second-order valence-corrected chi connectivity index (χ2v) is 5.37. The van der Waals surface area contributed by atoms with Crippen molar-refractivity contribution in [2.24, 2.45) is 5.92 Å². The summed E-state index contributed by atoms with van der Waals surface area (Å²) in [5.41, 5.74) is 2.21. The third-order valence-electron chi connectivity index (χ3n) is 3.88. The van der Waals surface area contributed by atoms with Gasteiger partial charge in [-0.05, 0) is 39.2 Å². The summed E-state index contributed by atoms with van der Waals surface area (Å²) >= 11 is 0. The summed E-state index contributed by atoms with van der Waals surface area (Å²) in [6.07, 6.45) is 3.64. The van der Waals surface area contributed by atoms with E-state index in [0.717, 1.165) is 44.5 Å². The van der Waals surface area contributed by atoms with Crippen LogP contribution >= 0.6 is 0 Å². The zero-order chi connectivity index (χ0) is 13.8. The molecule has 1 heterocycles. The van der Waals surface area contributed by atoms with Crippen molar-refractivity contribution in [2.45, 2.75) is 58.7 Å². The number of aromatic nitrogens is 2. The molecule has 2 N–H and O–H groups in total. The number of carboxylic acid groups (broad SMARTS) is 1. The van der Waals surface area contributed by atoms with E-state index < -0.39 is 5.97 Å². The summed E-state index contributed by atoms with van der Waals surface area (Å²) in [6, 6.07) is 2.41. The van der Waals surface area contributed by atoms with E-state index in [1.54, 1.807) is 0 Å². The molecule has 0 radical (unpaired) electrons. The van der Waals surface area contributed by atoms with Crippen molar-refractivity contribution in [2.75, 3.05) is 0 Å². The molecule has 106 valence electrons. The van der Waals surface area contributed by atoms with Crippen LogP contribution in [0.1, 0.15) is 44.0 Å². The van der Waals surface area contributed by atoms with Crippen LogP contribution in [0.5, 0.6) is 0 Å². The number of aryl methyl sites for hydroxylation is 2. The van der Waals surface area contributed by atoms with E-state index in [2.05, 4.69) is 23.4 Å². The summed E-state index contributed by atoms with van der Waals surface area (Å²) in [7, 11) is 0. The first kappa shape index (κ1) is 14.1. The zero-order valence-corrected chi connectivity index (χ0v) is 11.7. The number of hydrogen-bond acceptors (Lipinski definition) is 3. The number of hydrogen-bond donors (Lipinski definition) is 2. The maximum atomic E-state index is 11.0. The van der Waals surface area contributed by atoms with Crippen LogP contribution in [0, 0.1) is 12.8 Å². The summed E-state index contributed by atoms with van der Waals surface area (Å²) in [4.78, 5) is 11.0. The average molecular weight is 265 g/mol. The van der Waals surface area contributed by atoms with Gasteiger partial charge in [0.2, 0.25) is 0 Å². The predicted molar refractivity (Wildman–Crippen MR) is 72.9 cm³/mol. The smallest absolute Gasteiger partial charge is 0.306 e. The molecule has 0 aliphatic heterocycles. The Labute approximate surface area is 114 Å². The van der Waals surface area contributed by atoms with E-state index in [1.165, 1.54) is 5.69 Å². The third kappa shape index (κ3) is 3.56. The van der Waals surface area contributed by atoms with Crippen LogP contribution in [-0.2, 0) is 17.9 Å². The fourth-order valence-corrected chi connectivity index (χ4v) is 2.86. The summed E-state index contributed by atoms with van der Waals surface area (Å²) in [5, 5.41) is 17.0. The Morgan fingerprint density at radius 1 is 1.58 bits per heavy atom. The molecule has 5 heteroatoms. The molecule has 0 spiro atoms. The van der Waals surface area contributed by atoms with Gasteiger partial charge in [0.1, 0.15) is 0 Å². The first-order valence-corrected chi connectivity index (χ1v) is 7.09. The highest BCUT2D eigenvalue weighted by Crippen LogP contribution is 2.24. The van der Waals surface area contributed by atoms with Gasteiger partial charge in [0.15, 0.2) is 0 Å². The lowest BCUT2D eigenvalue weighted by Crippen LogP contribution is -2.36. The molecule has 0 aromatic carbocycles. The van der Waals surface area contributed by atoms with Crippen molar-refractivity contribution in [1.82, 2.24) is 15.1 Å². The summed E-state index contributed by atoms with van der Waals surface area (Å²) in [5.74, 6) is -0.829. The minimum atomic E-state index is -0.652. The third-order valence-corrected chi connectivity index (χ3v) is 3.88. The molecule has 19 heavy (non-hydrogen) atoms. The highest BCUT2D eigenvalue weighted by molar-refractivity contribution is 5.70. The average Bonchev–Trinajstić information content (AvgIpc) is 2.77. The van der Waals surface area contributed by atoms with Crippen molar-refractivity contribution < 1.29 is 9.90 Å². The monoisotopic (exact) mass is 265 g/mol. The number of nitrogens with zero attached hydrogens (tertiary/aromatic N) is 2. The van der Waals surface area contributed by atoms with Gasteiger partial charge in [0.25, 0.3) is 0 Å². The molecule has 0 saturated heterocycles. The molecule has 2 unspecified atom stereocenters. The minimum absolute atomic E-state index is 0.177. The Morgan fingerprint density at radius 2 is 2.37 bits per heavy atom. The SMILES string of the molecule is CCn1nc(C)cc1CNC1CCCC(C(=O)O)C1. The number of carbonyl (C=O) groups is 1. The molecule has 1 saturated carbocycles. The summed E-state index contributed by atoms with van der Waals surface area (Å²) in [6.45, 7) is 5.71. The number of rotatable bonds is 5. The standard InChI is InChI=1S/C14H23N3O2/c1-3-17-13(7-10(2)16-17)9-15-12-6-4-5-11(8-12)14(18)19/h7,11-12,15H,3-6,8-9H2,1-2H3,(H,18,19). The lowest BCUT2D eigenvalue weighted by molar-refractivity contribution is -0.143. The molecule has 1 aliphatic rings. The Kier molecular flexibility index (Phi) is 4.58. The van der Waals surface area contributed by atoms with Gasteiger partial charge in [-0.3, -0.25) is 9.48 Å². The fourth-order valence-electron chi connectivity index (χ4n) is 2.86. The normalized spacial score (nSPS) is 23.5. The second kappa shape index (κ2) is 6.19. The van der Waals surface area contributed by atoms with Gasteiger partial charge in [0.05, 0.1) is 17.3 Å². The van der Waals surface area contributed by atoms with Crippen LogP contribution in [0.2, 0.25) is 0 Å². The van der Waals surface area contributed by atoms with Crippen LogP contribution < -0.4 is 5.32 Å². The van der Waals surface area contributed by atoms with E-state index in [9.17, 15) is 4.79 Å². The number of nitrogens with one attached hydrogen (secondary N) is 1.